The Bertz CT molecular complexity index is 2830. The van der Waals surface area contributed by atoms with Crippen molar-refractivity contribution in [3.8, 4) is 0 Å². The lowest BCUT2D eigenvalue weighted by atomic mass is 10.1. The van der Waals surface area contributed by atoms with Crippen molar-refractivity contribution >= 4 is 39.5 Å². The number of carbonyl (C=O) groups excluding carboxylic acids is 4. The lowest BCUT2D eigenvalue weighted by Crippen LogP contribution is -2.30. The fraction of sp³-hybridized carbons (Fsp3) is 0.563. The number of unbranched alkanes of at least 4 members (excludes halogenated alkanes) is 12. The molecule has 596 valence electrons. The number of aliphatic hydroxyl groups excluding tert-OH is 1. The van der Waals surface area contributed by atoms with Crippen LogP contribution < -0.4 is 0 Å². The molecule has 0 bridgehead atoms. The molecule has 106 heavy (non-hydrogen) atoms. The van der Waals surface area contributed by atoms with E-state index in [-0.39, 0.29) is 25.7 Å². The van der Waals surface area contributed by atoms with Crippen LogP contribution in [-0.2, 0) is 65.4 Å². The van der Waals surface area contributed by atoms with Crippen LogP contribution in [0.3, 0.4) is 0 Å². The zero-order chi connectivity index (χ0) is 77.4. The van der Waals surface area contributed by atoms with E-state index in [4.69, 9.17) is 37.0 Å². The van der Waals surface area contributed by atoms with E-state index in [2.05, 4.69) is 192 Å². The van der Waals surface area contributed by atoms with Gasteiger partial charge in [0.1, 0.15) is 19.3 Å². The molecule has 5 atom stereocenters. The van der Waals surface area contributed by atoms with Crippen molar-refractivity contribution in [2.24, 2.45) is 0 Å². The van der Waals surface area contributed by atoms with E-state index in [1.165, 1.54) is 19.3 Å². The number of esters is 4. The molecule has 0 heterocycles. The Labute approximate surface area is 639 Å². The Morgan fingerprint density at radius 3 is 0.896 bits per heavy atom. The maximum atomic E-state index is 13.1. The summed E-state index contributed by atoms with van der Waals surface area (Å²) in [5.41, 5.74) is 0. The number of allylic oxidation sites excluding steroid dienone is 33. The molecule has 0 radical (unpaired) electrons. The number of ether oxygens (including phenoxy) is 4. The number of aliphatic hydroxyl groups is 1. The molecule has 0 aromatic heterocycles. The molecule has 0 aliphatic carbocycles. The van der Waals surface area contributed by atoms with Gasteiger partial charge in [-0.1, -0.05) is 273 Å². The number of phosphoric ester groups is 2. The molecule has 0 aliphatic heterocycles. The smallest absolute Gasteiger partial charge is 0.462 e. The molecule has 17 nitrogen and oxygen atoms in total. The number of carbonyl (C=O) groups is 4. The predicted octanol–water partition coefficient (Wildman–Crippen LogP) is 23.1. The normalized spacial score (nSPS) is 15.0. The lowest BCUT2D eigenvalue weighted by molar-refractivity contribution is -0.161. The molecule has 0 aromatic rings. The van der Waals surface area contributed by atoms with Gasteiger partial charge in [0, 0.05) is 19.3 Å². The fourth-order valence-electron chi connectivity index (χ4n) is 9.39. The summed E-state index contributed by atoms with van der Waals surface area (Å²) in [5, 5.41) is 10.6. The van der Waals surface area contributed by atoms with Gasteiger partial charge in [-0.05, 0) is 167 Å². The van der Waals surface area contributed by atoms with Crippen LogP contribution in [0, 0.1) is 0 Å². The first kappa shape index (κ1) is 99.6. The van der Waals surface area contributed by atoms with E-state index < -0.39 is 97.5 Å². The minimum atomic E-state index is -5.02. The van der Waals surface area contributed by atoms with E-state index in [0.717, 1.165) is 148 Å². The molecule has 19 heteroatoms. The van der Waals surface area contributed by atoms with Gasteiger partial charge in [0.05, 0.1) is 32.8 Å². The summed E-state index contributed by atoms with van der Waals surface area (Å²) in [6.45, 7) is 4.21. The number of hydrogen-bond donors (Lipinski definition) is 3. The highest BCUT2D eigenvalue weighted by molar-refractivity contribution is 7.47. The summed E-state index contributed by atoms with van der Waals surface area (Å²) >= 11 is 0. The van der Waals surface area contributed by atoms with E-state index >= 15 is 0 Å². The van der Waals surface area contributed by atoms with Crippen molar-refractivity contribution in [1.29, 1.82) is 0 Å². The highest BCUT2D eigenvalue weighted by Gasteiger charge is 2.30. The SMILES string of the molecule is CC/C=C\C/C=C\C/C=C\C/C=C\C/C=C\CCCC(=O)OCC(COP(=O)(O)OCC(O)COP(=O)(O)OCC(COC(=O)CCCCCCCC/C=C\C/C=C\C/C=C\CCCCC)OC(=O)C/C=C\C/C=C\C/C=C\C/C=C\C/C=C\CC)OC(=O)CCCC/C=C\C/C=C\C/C=C\C/C=C\CC. The Morgan fingerprint density at radius 1 is 0.283 bits per heavy atom. The van der Waals surface area contributed by atoms with Crippen molar-refractivity contribution in [3.63, 3.8) is 0 Å². The number of phosphoric acid groups is 2. The molecule has 0 saturated carbocycles. The highest BCUT2D eigenvalue weighted by atomic mass is 31.2. The molecule has 0 aliphatic rings. The number of rotatable bonds is 71. The Balaban J connectivity index is 5.54. The summed E-state index contributed by atoms with van der Waals surface area (Å²) in [6, 6.07) is 0. The van der Waals surface area contributed by atoms with Gasteiger partial charge in [0.15, 0.2) is 12.2 Å². The van der Waals surface area contributed by atoms with Gasteiger partial charge in [-0.15, -0.1) is 0 Å². The summed E-state index contributed by atoms with van der Waals surface area (Å²) in [4.78, 5) is 72.9. The number of hydrogen-bond acceptors (Lipinski definition) is 15. The Morgan fingerprint density at radius 2 is 0.538 bits per heavy atom. The molecule has 0 fully saturated rings. The van der Waals surface area contributed by atoms with Gasteiger partial charge >= 0.3 is 39.5 Å². The fourth-order valence-corrected chi connectivity index (χ4v) is 11.0. The van der Waals surface area contributed by atoms with Crippen LogP contribution >= 0.6 is 15.6 Å². The second kappa shape index (κ2) is 76.8. The first-order chi connectivity index (χ1) is 51.7. The van der Waals surface area contributed by atoms with Crippen LogP contribution in [0.4, 0.5) is 0 Å². The standard InChI is InChI=1S/C87H136O17P2/c1-5-9-13-17-21-25-29-33-37-39-40-42-46-48-52-56-60-64-68-72-85(90)98-78-83(104-87(92)74-70-66-62-58-54-50-44-36-32-28-24-20-16-12-8-4)80-102-106(95,96)100-76-81(88)75-99-105(93,94)101-79-82(103-86(91)73-69-65-61-57-53-49-43-35-31-27-23-19-15-11-7-3)77-97-84(89)71-67-63-59-55-51-47-45-41-38-34-30-26-22-18-14-10-6-2/h10-12,14-16,21-28,33-38,40,42-45,47,53-55,57-59,66,70,81-83,88H,5-9,13,17-20,29-32,39,41,46,48-52,56,60-65,67-69,71-80H2,1-4H3,(H,93,94)(H,95,96)/b14-10-,15-11-,16-12-,25-21-,26-22-,27-23-,28-24-,37-33-,38-34-,42-40-,43-35-,44-36-,47-45-,57-53-,58-54-,59-55-,70-66-. The molecular weight excluding hydrogens is 1380 g/mol. The average Bonchev–Trinajstić information content (AvgIpc) is 0.928. The molecule has 0 rings (SSSR count). The maximum absolute atomic E-state index is 13.1. The predicted molar refractivity (Wildman–Crippen MR) is 435 cm³/mol. The highest BCUT2D eigenvalue weighted by Crippen LogP contribution is 2.45. The average molecular weight is 1520 g/mol. The zero-order valence-corrected chi connectivity index (χ0v) is 66.8. The minimum Gasteiger partial charge on any atom is -0.462 e. The topological polar surface area (TPSA) is 237 Å². The van der Waals surface area contributed by atoms with Crippen molar-refractivity contribution < 1.29 is 80.2 Å². The molecule has 0 saturated heterocycles. The summed E-state index contributed by atoms with van der Waals surface area (Å²) in [5.74, 6) is -2.48. The van der Waals surface area contributed by atoms with Gasteiger partial charge in [-0.3, -0.25) is 37.3 Å². The van der Waals surface area contributed by atoms with Crippen LogP contribution in [0.15, 0.2) is 207 Å². The first-order valence-electron chi connectivity index (χ1n) is 39.3. The quantitative estimate of drug-likeness (QED) is 0.0169. The Kier molecular flexibility index (Phi) is 72.2. The monoisotopic (exact) mass is 1510 g/mol. The van der Waals surface area contributed by atoms with Crippen molar-refractivity contribution in [2.75, 3.05) is 39.6 Å². The molecule has 3 N–H and O–H groups in total. The van der Waals surface area contributed by atoms with Gasteiger partial charge in [0.2, 0.25) is 0 Å². The van der Waals surface area contributed by atoms with Crippen molar-refractivity contribution in [1.82, 2.24) is 0 Å². The maximum Gasteiger partial charge on any atom is 0.472 e. The molecular formula is C87H136O17P2. The lowest BCUT2D eigenvalue weighted by Gasteiger charge is -2.21. The van der Waals surface area contributed by atoms with Crippen LogP contribution in [-0.4, -0.2) is 96.7 Å². The van der Waals surface area contributed by atoms with Gasteiger partial charge in [-0.2, -0.15) is 0 Å². The summed E-state index contributed by atoms with van der Waals surface area (Å²) in [6.07, 6.45) is 95.7. The van der Waals surface area contributed by atoms with Crippen LogP contribution in [0.1, 0.15) is 259 Å². The van der Waals surface area contributed by atoms with Gasteiger partial charge in [-0.25, -0.2) is 9.13 Å². The Hall–Kier alpha value is -6.36. The van der Waals surface area contributed by atoms with E-state index in [1.54, 1.807) is 12.2 Å². The van der Waals surface area contributed by atoms with Crippen molar-refractivity contribution in [2.45, 2.75) is 277 Å². The molecule has 0 aromatic carbocycles. The van der Waals surface area contributed by atoms with Crippen molar-refractivity contribution in [3.05, 3.63) is 207 Å². The second-order valence-electron chi connectivity index (χ2n) is 25.2. The van der Waals surface area contributed by atoms with E-state index in [0.29, 0.717) is 38.5 Å². The largest absolute Gasteiger partial charge is 0.472 e. The minimum absolute atomic E-state index is 0.0186. The summed E-state index contributed by atoms with van der Waals surface area (Å²) < 4.78 is 68.3. The van der Waals surface area contributed by atoms with E-state index in [9.17, 15) is 43.2 Å². The van der Waals surface area contributed by atoms with E-state index in [1.807, 2.05) is 30.4 Å². The van der Waals surface area contributed by atoms with Crippen LogP contribution in [0.2, 0.25) is 0 Å². The third-order valence-electron chi connectivity index (χ3n) is 15.3. The first-order valence-corrected chi connectivity index (χ1v) is 42.3. The zero-order valence-electron chi connectivity index (χ0n) is 65.0. The molecule has 5 unspecified atom stereocenters. The van der Waals surface area contributed by atoms with Crippen LogP contribution in [0.25, 0.3) is 0 Å². The summed E-state index contributed by atoms with van der Waals surface area (Å²) in [7, 11) is -10.0. The van der Waals surface area contributed by atoms with Gasteiger partial charge in [0.25, 0.3) is 0 Å². The molecule has 0 spiro atoms. The third-order valence-corrected chi connectivity index (χ3v) is 17.2. The van der Waals surface area contributed by atoms with Crippen LogP contribution in [0.5, 0.6) is 0 Å². The molecule has 0 amide bonds. The second-order valence-corrected chi connectivity index (χ2v) is 28.1. The third kappa shape index (κ3) is 75.9. The van der Waals surface area contributed by atoms with Gasteiger partial charge < -0.3 is 33.8 Å².